The highest BCUT2D eigenvalue weighted by molar-refractivity contribution is 5.49. The average Bonchev–Trinajstić information content (AvgIpc) is 3.16. The van der Waals surface area contributed by atoms with Crippen molar-refractivity contribution in [2.75, 3.05) is 7.11 Å². The summed E-state index contributed by atoms with van der Waals surface area (Å²) in [6, 6.07) is 10.8. The Labute approximate surface area is 178 Å². The lowest BCUT2D eigenvalue weighted by Crippen LogP contribution is -2.02. The van der Waals surface area contributed by atoms with Crippen molar-refractivity contribution >= 4 is 0 Å². The Balaban J connectivity index is 1.58. The number of halogens is 2. The molecule has 4 aromatic rings. The van der Waals surface area contributed by atoms with Gasteiger partial charge in [-0.1, -0.05) is 6.07 Å². The van der Waals surface area contributed by atoms with E-state index in [9.17, 15) is 8.78 Å². The van der Waals surface area contributed by atoms with Crippen molar-refractivity contribution in [1.82, 2.24) is 19.5 Å². The Morgan fingerprint density at radius 3 is 2.48 bits per heavy atom. The van der Waals surface area contributed by atoms with Crippen LogP contribution in [0, 0.1) is 25.5 Å². The van der Waals surface area contributed by atoms with Gasteiger partial charge in [0.05, 0.1) is 24.8 Å². The van der Waals surface area contributed by atoms with Gasteiger partial charge in [-0.25, -0.2) is 18.7 Å². The van der Waals surface area contributed by atoms with Crippen molar-refractivity contribution in [3.63, 3.8) is 0 Å². The molecule has 4 rings (SSSR count). The first-order valence-electron chi connectivity index (χ1n) is 9.56. The summed E-state index contributed by atoms with van der Waals surface area (Å²) in [7, 11) is 1.61. The van der Waals surface area contributed by atoms with E-state index < -0.39 is 11.6 Å². The first-order valence-corrected chi connectivity index (χ1v) is 9.56. The Bertz CT molecular complexity index is 1240. The lowest BCUT2D eigenvalue weighted by molar-refractivity contribution is 0.412. The fraction of sp³-hybridized carbons (Fsp3) is 0.174. The van der Waals surface area contributed by atoms with E-state index in [1.165, 1.54) is 6.07 Å². The van der Waals surface area contributed by atoms with Crippen molar-refractivity contribution in [1.29, 1.82) is 0 Å². The first-order chi connectivity index (χ1) is 14.9. The van der Waals surface area contributed by atoms with E-state index in [0.717, 1.165) is 29.1 Å². The largest absolute Gasteiger partial charge is 0.495 e. The van der Waals surface area contributed by atoms with E-state index in [1.54, 1.807) is 19.5 Å². The fourth-order valence-corrected chi connectivity index (χ4v) is 3.17. The molecule has 0 unspecified atom stereocenters. The van der Waals surface area contributed by atoms with Crippen LogP contribution in [0.25, 0.3) is 5.69 Å². The zero-order valence-electron chi connectivity index (χ0n) is 17.3. The third kappa shape index (κ3) is 4.69. The highest BCUT2D eigenvalue weighted by Gasteiger charge is 2.11. The molecule has 0 N–H and O–H groups in total. The van der Waals surface area contributed by atoms with Crippen LogP contribution in [0.15, 0.2) is 55.0 Å². The molecule has 0 atom stereocenters. The molecule has 0 aliphatic rings. The normalized spacial score (nSPS) is 10.9. The second kappa shape index (κ2) is 8.51. The second-order valence-corrected chi connectivity index (χ2v) is 7.05. The average molecular weight is 422 g/mol. The third-order valence-electron chi connectivity index (χ3n) is 4.59. The Hall–Kier alpha value is -3.81. The predicted molar refractivity (Wildman–Crippen MR) is 111 cm³/mol. The molecule has 8 heteroatoms. The SMILES string of the molecule is COc1cc(Cc2nc(C)cc(Oc3ccc(F)c(F)c3)n2)ccc1-n1cnc(C)c1. The van der Waals surface area contributed by atoms with Crippen LogP contribution in [0.1, 0.15) is 22.8 Å². The Kier molecular flexibility index (Phi) is 5.62. The molecule has 2 aromatic carbocycles. The van der Waals surface area contributed by atoms with E-state index in [2.05, 4.69) is 15.0 Å². The number of hydrogen-bond donors (Lipinski definition) is 0. The summed E-state index contributed by atoms with van der Waals surface area (Å²) in [6.07, 6.45) is 4.09. The minimum atomic E-state index is -0.983. The topological polar surface area (TPSA) is 62.1 Å². The molecule has 0 aliphatic heterocycles. The Morgan fingerprint density at radius 1 is 0.935 bits per heavy atom. The summed E-state index contributed by atoms with van der Waals surface area (Å²) in [5, 5.41) is 0. The van der Waals surface area contributed by atoms with E-state index in [4.69, 9.17) is 9.47 Å². The smallest absolute Gasteiger partial charge is 0.222 e. The molecule has 0 bridgehead atoms. The predicted octanol–water partition coefficient (Wildman–Crippen LogP) is 4.95. The summed E-state index contributed by atoms with van der Waals surface area (Å²) in [6.45, 7) is 3.74. The van der Waals surface area contributed by atoms with Gasteiger partial charge in [0.1, 0.15) is 17.3 Å². The molecule has 2 aromatic heterocycles. The number of nitrogens with zero attached hydrogens (tertiary/aromatic N) is 4. The van der Waals surface area contributed by atoms with Gasteiger partial charge < -0.3 is 14.0 Å². The quantitative estimate of drug-likeness (QED) is 0.440. The summed E-state index contributed by atoms with van der Waals surface area (Å²) in [4.78, 5) is 13.1. The maximum atomic E-state index is 13.5. The molecule has 0 aliphatic carbocycles. The molecule has 158 valence electrons. The molecule has 6 nitrogen and oxygen atoms in total. The number of imidazole rings is 1. The van der Waals surface area contributed by atoms with E-state index in [0.29, 0.717) is 23.7 Å². The molecule has 2 heterocycles. The third-order valence-corrected chi connectivity index (χ3v) is 4.59. The van der Waals surface area contributed by atoms with Crippen molar-refractivity contribution in [3.8, 4) is 23.1 Å². The number of methoxy groups -OCH3 is 1. The standard InChI is InChI=1S/C23H20F2N4O2/c1-14-8-23(31-17-5-6-18(24)19(25)11-17)28-22(27-14)10-16-4-7-20(21(9-16)30-3)29-12-15(2)26-13-29/h4-9,11-13H,10H2,1-3H3. The van der Waals surface area contributed by atoms with Crippen LogP contribution in [-0.2, 0) is 6.42 Å². The van der Waals surface area contributed by atoms with Crippen LogP contribution in [0.3, 0.4) is 0 Å². The zero-order chi connectivity index (χ0) is 22.0. The summed E-state index contributed by atoms with van der Waals surface area (Å²) >= 11 is 0. The number of hydrogen-bond acceptors (Lipinski definition) is 5. The molecule has 0 radical (unpaired) electrons. The van der Waals surface area contributed by atoms with Gasteiger partial charge in [0.15, 0.2) is 11.6 Å². The van der Waals surface area contributed by atoms with E-state index >= 15 is 0 Å². The number of ether oxygens (including phenoxy) is 2. The summed E-state index contributed by atoms with van der Waals surface area (Å²) < 4.78 is 39.6. The van der Waals surface area contributed by atoms with E-state index in [1.807, 2.05) is 42.8 Å². The van der Waals surface area contributed by atoms with Crippen molar-refractivity contribution < 1.29 is 18.3 Å². The van der Waals surface area contributed by atoms with Gasteiger partial charge in [-0.3, -0.25) is 0 Å². The van der Waals surface area contributed by atoms with Crippen LogP contribution in [0.4, 0.5) is 8.78 Å². The highest BCUT2D eigenvalue weighted by atomic mass is 19.2. The van der Waals surface area contributed by atoms with Crippen LogP contribution in [0.2, 0.25) is 0 Å². The van der Waals surface area contributed by atoms with Crippen LogP contribution in [-0.4, -0.2) is 26.6 Å². The van der Waals surface area contributed by atoms with E-state index in [-0.39, 0.29) is 11.6 Å². The lowest BCUT2D eigenvalue weighted by atomic mass is 10.1. The van der Waals surface area contributed by atoms with Gasteiger partial charge in [-0.2, -0.15) is 4.98 Å². The number of aromatic nitrogens is 4. The molecule has 0 saturated carbocycles. The minimum absolute atomic E-state index is 0.157. The van der Waals surface area contributed by atoms with Crippen molar-refractivity contribution in [2.45, 2.75) is 20.3 Å². The van der Waals surface area contributed by atoms with Crippen molar-refractivity contribution in [3.05, 3.63) is 89.4 Å². The number of benzene rings is 2. The minimum Gasteiger partial charge on any atom is -0.495 e. The van der Waals surface area contributed by atoms with Crippen LogP contribution in [0.5, 0.6) is 17.4 Å². The number of rotatable bonds is 6. The maximum absolute atomic E-state index is 13.5. The number of aryl methyl sites for hydroxylation is 2. The molecule has 0 saturated heterocycles. The maximum Gasteiger partial charge on any atom is 0.222 e. The summed E-state index contributed by atoms with van der Waals surface area (Å²) in [5.41, 5.74) is 3.43. The fourth-order valence-electron chi connectivity index (χ4n) is 3.17. The molecule has 31 heavy (non-hydrogen) atoms. The van der Waals surface area contributed by atoms with Gasteiger partial charge in [-0.05, 0) is 43.7 Å². The van der Waals surface area contributed by atoms with Crippen LogP contribution < -0.4 is 9.47 Å². The molecular formula is C23H20F2N4O2. The molecule has 0 spiro atoms. The zero-order valence-corrected chi connectivity index (χ0v) is 17.3. The molecular weight excluding hydrogens is 402 g/mol. The van der Waals surface area contributed by atoms with Crippen LogP contribution >= 0.6 is 0 Å². The molecule has 0 fully saturated rings. The lowest BCUT2D eigenvalue weighted by Gasteiger charge is -2.12. The Morgan fingerprint density at radius 2 is 1.77 bits per heavy atom. The monoisotopic (exact) mass is 422 g/mol. The second-order valence-electron chi connectivity index (χ2n) is 7.05. The van der Waals surface area contributed by atoms with Gasteiger partial charge in [-0.15, -0.1) is 0 Å². The van der Waals surface area contributed by atoms with Gasteiger partial charge >= 0.3 is 0 Å². The van der Waals surface area contributed by atoms with Gasteiger partial charge in [0.25, 0.3) is 0 Å². The first kappa shape index (κ1) is 20.5. The van der Waals surface area contributed by atoms with Gasteiger partial charge in [0.2, 0.25) is 5.88 Å². The molecule has 0 amide bonds. The van der Waals surface area contributed by atoms with Gasteiger partial charge in [0, 0.05) is 30.4 Å². The van der Waals surface area contributed by atoms with Crippen molar-refractivity contribution in [2.24, 2.45) is 0 Å². The highest BCUT2D eigenvalue weighted by Crippen LogP contribution is 2.26. The summed E-state index contributed by atoms with van der Waals surface area (Å²) in [5.74, 6) is -0.277.